The van der Waals surface area contributed by atoms with Gasteiger partial charge in [0.05, 0.1) is 18.1 Å². The van der Waals surface area contributed by atoms with E-state index in [9.17, 15) is 4.79 Å². The number of aromatic amines is 1. The number of rotatable bonds is 4. The Hall–Kier alpha value is -3.60. The SMILES string of the molecule is COc1ccc(C(=O)Nc2cc(-c3nc4ccccc4[nH]3)ccc2C)cc1. The number of hydrogen-bond donors (Lipinski definition) is 2. The van der Waals surface area contributed by atoms with Crippen molar-refractivity contribution in [2.75, 3.05) is 12.4 Å². The third kappa shape index (κ3) is 3.40. The number of carbonyl (C=O) groups excluding carboxylic acids is 1. The van der Waals surface area contributed by atoms with Crippen LogP contribution in [-0.2, 0) is 0 Å². The lowest BCUT2D eigenvalue weighted by atomic mass is 10.1. The number of para-hydroxylation sites is 2. The van der Waals surface area contributed by atoms with Crippen molar-refractivity contribution in [2.45, 2.75) is 6.92 Å². The molecule has 0 atom stereocenters. The van der Waals surface area contributed by atoms with Gasteiger partial charge in [0, 0.05) is 16.8 Å². The van der Waals surface area contributed by atoms with Crippen LogP contribution in [0.3, 0.4) is 0 Å². The van der Waals surface area contributed by atoms with Gasteiger partial charge < -0.3 is 15.0 Å². The van der Waals surface area contributed by atoms with Crippen LogP contribution in [0.25, 0.3) is 22.4 Å². The van der Waals surface area contributed by atoms with Gasteiger partial charge in [0.15, 0.2) is 0 Å². The van der Waals surface area contributed by atoms with Crippen molar-refractivity contribution in [3.8, 4) is 17.1 Å². The number of ether oxygens (including phenoxy) is 1. The van der Waals surface area contributed by atoms with Gasteiger partial charge >= 0.3 is 0 Å². The minimum absolute atomic E-state index is 0.164. The molecule has 4 aromatic rings. The first-order valence-corrected chi connectivity index (χ1v) is 8.65. The summed E-state index contributed by atoms with van der Waals surface area (Å²) in [5.41, 5.74) is 5.13. The number of H-pyrrole nitrogens is 1. The molecule has 0 aliphatic rings. The van der Waals surface area contributed by atoms with Crippen molar-refractivity contribution in [1.82, 2.24) is 9.97 Å². The Morgan fingerprint density at radius 1 is 1.04 bits per heavy atom. The standard InChI is InChI=1S/C22H19N3O2/c1-14-7-8-16(21-23-18-5-3-4-6-19(18)24-21)13-20(14)25-22(26)15-9-11-17(27-2)12-10-15/h3-13H,1-2H3,(H,23,24)(H,25,26). The van der Waals surface area contributed by atoms with E-state index >= 15 is 0 Å². The summed E-state index contributed by atoms with van der Waals surface area (Å²) < 4.78 is 5.13. The maximum Gasteiger partial charge on any atom is 0.255 e. The zero-order valence-corrected chi connectivity index (χ0v) is 15.1. The van der Waals surface area contributed by atoms with E-state index in [1.165, 1.54) is 0 Å². The number of aromatic nitrogens is 2. The summed E-state index contributed by atoms with van der Waals surface area (Å²) in [6, 6.07) is 20.8. The number of amides is 1. The second kappa shape index (κ2) is 6.96. The highest BCUT2D eigenvalue weighted by atomic mass is 16.5. The molecule has 3 aromatic carbocycles. The first kappa shape index (κ1) is 16.8. The first-order chi connectivity index (χ1) is 13.1. The van der Waals surface area contributed by atoms with Gasteiger partial charge in [-0.05, 0) is 55.0 Å². The molecule has 1 heterocycles. The molecule has 27 heavy (non-hydrogen) atoms. The lowest BCUT2D eigenvalue weighted by molar-refractivity contribution is 0.102. The molecular weight excluding hydrogens is 338 g/mol. The van der Waals surface area contributed by atoms with E-state index in [4.69, 9.17) is 4.74 Å². The molecule has 0 saturated heterocycles. The fourth-order valence-corrected chi connectivity index (χ4v) is 2.93. The third-order valence-corrected chi connectivity index (χ3v) is 4.50. The largest absolute Gasteiger partial charge is 0.497 e. The minimum Gasteiger partial charge on any atom is -0.497 e. The summed E-state index contributed by atoms with van der Waals surface area (Å²) in [7, 11) is 1.60. The van der Waals surface area contributed by atoms with Crippen LogP contribution in [0, 0.1) is 6.92 Å². The Labute approximate surface area is 157 Å². The summed E-state index contributed by atoms with van der Waals surface area (Å²) in [6.45, 7) is 1.96. The van der Waals surface area contributed by atoms with E-state index in [0.717, 1.165) is 39.4 Å². The highest BCUT2D eigenvalue weighted by molar-refractivity contribution is 6.05. The molecule has 0 bridgehead atoms. The molecule has 5 nitrogen and oxygen atoms in total. The molecule has 2 N–H and O–H groups in total. The molecule has 4 rings (SSSR count). The lowest BCUT2D eigenvalue weighted by Gasteiger charge is -2.10. The van der Waals surface area contributed by atoms with Crippen molar-refractivity contribution >= 4 is 22.6 Å². The quantitative estimate of drug-likeness (QED) is 0.551. The predicted molar refractivity (Wildman–Crippen MR) is 107 cm³/mol. The van der Waals surface area contributed by atoms with E-state index in [0.29, 0.717) is 5.56 Å². The van der Waals surface area contributed by atoms with Gasteiger partial charge in [-0.3, -0.25) is 4.79 Å². The molecule has 1 aromatic heterocycles. The zero-order chi connectivity index (χ0) is 18.8. The van der Waals surface area contributed by atoms with Crippen LogP contribution in [0.15, 0.2) is 66.7 Å². The molecule has 5 heteroatoms. The van der Waals surface area contributed by atoms with Crippen LogP contribution in [0.1, 0.15) is 15.9 Å². The number of anilines is 1. The number of carbonyl (C=O) groups is 1. The Bertz CT molecular complexity index is 1080. The predicted octanol–water partition coefficient (Wildman–Crippen LogP) is 4.80. The molecule has 0 radical (unpaired) electrons. The molecule has 1 amide bonds. The van der Waals surface area contributed by atoms with Crippen molar-refractivity contribution in [2.24, 2.45) is 0 Å². The second-order valence-corrected chi connectivity index (χ2v) is 6.31. The monoisotopic (exact) mass is 357 g/mol. The van der Waals surface area contributed by atoms with E-state index in [1.54, 1.807) is 31.4 Å². The van der Waals surface area contributed by atoms with Crippen molar-refractivity contribution < 1.29 is 9.53 Å². The smallest absolute Gasteiger partial charge is 0.255 e. The maximum atomic E-state index is 12.6. The highest BCUT2D eigenvalue weighted by Gasteiger charge is 2.11. The van der Waals surface area contributed by atoms with Crippen molar-refractivity contribution in [3.05, 3.63) is 77.9 Å². The summed E-state index contributed by atoms with van der Waals surface area (Å²) in [5, 5.41) is 2.99. The Morgan fingerprint density at radius 2 is 1.81 bits per heavy atom. The number of benzene rings is 3. The first-order valence-electron chi connectivity index (χ1n) is 8.65. The summed E-state index contributed by atoms with van der Waals surface area (Å²) in [5.74, 6) is 1.33. The highest BCUT2D eigenvalue weighted by Crippen LogP contribution is 2.26. The van der Waals surface area contributed by atoms with Gasteiger partial charge in [0.25, 0.3) is 5.91 Å². The number of nitrogens with zero attached hydrogens (tertiary/aromatic N) is 1. The fourth-order valence-electron chi connectivity index (χ4n) is 2.93. The molecule has 134 valence electrons. The average molecular weight is 357 g/mol. The summed E-state index contributed by atoms with van der Waals surface area (Å²) >= 11 is 0. The summed E-state index contributed by atoms with van der Waals surface area (Å²) in [4.78, 5) is 20.5. The van der Waals surface area contributed by atoms with E-state index in [2.05, 4.69) is 15.3 Å². The van der Waals surface area contributed by atoms with Crippen LogP contribution in [0.4, 0.5) is 5.69 Å². The molecule has 0 aliphatic heterocycles. The second-order valence-electron chi connectivity index (χ2n) is 6.31. The Kier molecular flexibility index (Phi) is 4.34. The maximum absolute atomic E-state index is 12.6. The molecule has 0 fully saturated rings. The van der Waals surface area contributed by atoms with Gasteiger partial charge in [0.1, 0.15) is 11.6 Å². The van der Waals surface area contributed by atoms with E-state index in [-0.39, 0.29) is 5.91 Å². The number of fused-ring (bicyclic) bond motifs is 1. The Balaban J connectivity index is 1.62. The minimum atomic E-state index is -0.164. The van der Waals surface area contributed by atoms with Crippen LogP contribution in [-0.4, -0.2) is 23.0 Å². The van der Waals surface area contributed by atoms with Gasteiger partial charge in [-0.1, -0.05) is 24.3 Å². The van der Waals surface area contributed by atoms with Gasteiger partial charge in [0.2, 0.25) is 0 Å². The van der Waals surface area contributed by atoms with Crippen LogP contribution >= 0.6 is 0 Å². The Morgan fingerprint density at radius 3 is 2.56 bits per heavy atom. The molecular formula is C22H19N3O2. The topological polar surface area (TPSA) is 67.0 Å². The lowest BCUT2D eigenvalue weighted by Crippen LogP contribution is -2.12. The van der Waals surface area contributed by atoms with Crippen molar-refractivity contribution in [1.29, 1.82) is 0 Å². The van der Waals surface area contributed by atoms with Crippen LogP contribution in [0.2, 0.25) is 0 Å². The number of imidazole rings is 1. The molecule has 0 aliphatic carbocycles. The zero-order valence-electron chi connectivity index (χ0n) is 15.1. The average Bonchev–Trinajstić information content (AvgIpc) is 3.14. The molecule has 0 unspecified atom stereocenters. The normalized spacial score (nSPS) is 10.7. The number of methoxy groups -OCH3 is 1. The third-order valence-electron chi connectivity index (χ3n) is 4.50. The number of nitrogens with one attached hydrogen (secondary N) is 2. The van der Waals surface area contributed by atoms with Gasteiger partial charge in [-0.2, -0.15) is 0 Å². The van der Waals surface area contributed by atoms with Crippen LogP contribution in [0.5, 0.6) is 5.75 Å². The van der Waals surface area contributed by atoms with Gasteiger partial charge in [-0.15, -0.1) is 0 Å². The fraction of sp³-hybridized carbons (Fsp3) is 0.0909. The van der Waals surface area contributed by atoms with Gasteiger partial charge in [-0.25, -0.2) is 4.98 Å². The molecule has 0 spiro atoms. The number of aryl methyl sites for hydroxylation is 1. The van der Waals surface area contributed by atoms with Crippen molar-refractivity contribution in [3.63, 3.8) is 0 Å². The number of hydrogen-bond acceptors (Lipinski definition) is 3. The summed E-state index contributed by atoms with van der Waals surface area (Å²) in [6.07, 6.45) is 0. The van der Waals surface area contributed by atoms with E-state index in [1.807, 2.05) is 49.4 Å². The van der Waals surface area contributed by atoms with Crippen LogP contribution < -0.4 is 10.1 Å². The van der Waals surface area contributed by atoms with E-state index < -0.39 is 0 Å². The molecule has 0 saturated carbocycles.